The van der Waals surface area contributed by atoms with Crippen molar-refractivity contribution in [1.82, 2.24) is 0 Å². The van der Waals surface area contributed by atoms with Crippen LogP contribution >= 0.6 is 0 Å². The third-order valence-electron chi connectivity index (χ3n) is 4.41. The summed E-state index contributed by atoms with van der Waals surface area (Å²) in [5, 5.41) is 0. The van der Waals surface area contributed by atoms with Gasteiger partial charge in [-0.05, 0) is 37.5 Å². The monoisotopic (exact) mass is 208 g/mol. The van der Waals surface area contributed by atoms with Crippen molar-refractivity contribution in [3.63, 3.8) is 0 Å². The Kier molecular flexibility index (Phi) is 2.37. The third kappa shape index (κ3) is 1.46. The van der Waals surface area contributed by atoms with Crippen LogP contribution in [0.5, 0.6) is 0 Å². The molecule has 2 nitrogen and oxygen atoms in total. The van der Waals surface area contributed by atoms with Gasteiger partial charge >= 0.3 is 0 Å². The van der Waals surface area contributed by atoms with Crippen molar-refractivity contribution in [1.29, 1.82) is 0 Å². The molecular weight excluding hydrogens is 188 g/mol. The maximum Gasteiger partial charge on any atom is 0.171 e. The number of fused-ring (bicyclic) bond motifs is 2. The average Bonchev–Trinajstić information content (AvgIpc) is 2.80. The highest BCUT2D eigenvalue weighted by Crippen LogP contribution is 2.49. The molecule has 84 valence electrons. The lowest BCUT2D eigenvalue weighted by Crippen LogP contribution is -2.46. The largest absolute Gasteiger partial charge is 0.347 e. The Balaban J connectivity index is 1.84. The molecule has 3 aliphatic carbocycles. The summed E-state index contributed by atoms with van der Waals surface area (Å²) >= 11 is 0. The molecule has 4 aliphatic rings. The van der Waals surface area contributed by atoms with E-state index < -0.39 is 0 Å². The lowest BCUT2D eigenvalue weighted by Gasteiger charge is -2.46. The van der Waals surface area contributed by atoms with Crippen molar-refractivity contribution in [2.24, 2.45) is 17.8 Å². The second kappa shape index (κ2) is 3.60. The molecule has 0 spiro atoms. The van der Waals surface area contributed by atoms with Gasteiger partial charge in [0.05, 0.1) is 13.2 Å². The van der Waals surface area contributed by atoms with E-state index in [1.807, 2.05) is 0 Å². The van der Waals surface area contributed by atoms with Crippen LogP contribution in [0.1, 0.15) is 32.6 Å². The highest BCUT2D eigenvalue weighted by molar-refractivity contribution is 5.09. The minimum Gasteiger partial charge on any atom is -0.347 e. The number of ether oxygens (including phenoxy) is 2. The number of hydrogen-bond donors (Lipinski definition) is 0. The Labute approximate surface area is 91.6 Å². The molecule has 2 heteroatoms. The van der Waals surface area contributed by atoms with Crippen molar-refractivity contribution in [2.45, 2.75) is 38.4 Å². The van der Waals surface area contributed by atoms with Gasteiger partial charge in [0.2, 0.25) is 0 Å². The molecule has 1 heterocycles. The maximum absolute atomic E-state index is 5.93. The van der Waals surface area contributed by atoms with Crippen LogP contribution in [0.4, 0.5) is 0 Å². The zero-order valence-corrected chi connectivity index (χ0v) is 9.45. The van der Waals surface area contributed by atoms with Gasteiger partial charge in [0.15, 0.2) is 5.79 Å². The minimum atomic E-state index is -0.242. The molecule has 1 saturated carbocycles. The van der Waals surface area contributed by atoms with Gasteiger partial charge in [0.25, 0.3) is 0 Å². The molecule has 0 aromatic heterocycles. The smallest absolute Gasteiger partial charge is 0.171 e. The number of hydrogen-bond acceptors (Lipinski definition) is 2. The van der Waals surface area contributed by atoms with Gasteiger partial charge < -0.3 is 9.47 Å². The summed E-state index contributed by atoms with van der Waals surface area (Å²) in [7, 11) is 0. The number of rotatable bonds is 2. The molecule has 1 saturated heterocycles. The van der Waals surface area contributed by atoms with Gasteiger partial charge in [0.1, 0.15) is 0 Å². The Morgan fingerprint density at radius 3 is 2.47 bits per heavy atom. The summed E-state index contributed by atoms with van der Waals surface area (Å²) < 4.78 is 11.9. The Hall–Kier alpha value is -0.340. The summed E-state index contributed by atoms with van der Waals surface area (Å²) in [5.41, 5.74) is 0. The summed E-state index contributed by atoms with van der Waals surface area (Å²) in [6, 6.07) is 0. The highest BCUT2D eigenvalue weighted by atomic mass is 16.7. The molecule has 2 bridgehead atoms. The van der Waals surface area contributed by atoms with Crippen LogP contribution in [-0.2, 0) is 9.47 Å². The van der Waals surface area contributed by atoms with Crippen molar-refractivity contribution < 1.29 is 9.47 Å². The van der Waals surface area contributed by atoms with E-state index in [1.54, 1.807) is 0 Å². The van der Waals surface area contributed by atoms with E-state index in [-0.39, 0.29) is 5.79 Å². The summed E-state index contributed by atoms with van der Waals surface area (Å²) in [6.07, 6.45) is 9.79. The molecule has 0 aromatic rings. The van der Waals surface area contributed by atoms with Crippen molar-refractivity contribution in [3.05, 3.63) is 12.2 Å². The van der Waals surface area contributed by atoms with Crippen LogP contribution in [0.3, 0.4) is 0 Å². The Morgan fingerprint density at radius 2 is 2.00 bits per heavy atom. The van der Waals surface area contributed by atoms with Gasteiger partial charge in [-0.25, -0.2) is 0 Å². The number of allylic oxidation sites excluding steroid dienone is 2. The zero-order chi connectivity index (χ0) is 10.3. The summed E-state index contributed by atoms with van der Waals surface area (Å²) in [4.78, 5) is 0. The van der Waals surface area contributed by atoms with Crippen LogP contribution < -0.4 is 0 Å². The predicted octanol–water partition coefficient (Wildman–Crippen LogP) is 2.74. The van der Waals surface area contributed by atoms with E-state index in [2.05, 4.69) is 19.1 Å². The van der Waals surface area contributed by atoms with Crippen molar-refractivity contribution in [3.8, 4) is 0 Å². The maximum atomic E-state index is 5.93. The Bertz CT molecular complexity index is 266. The van der Waals surface area contributed by atoms with E-state index in [0.29, 0.717) is 11.8 Å². The van der Waals surface area contributed by atoms with Crippen LogP contribution in [0.2, 0.25) is 0 Å². The molecular formula is C13H20O2. The van der Waals surface area contributed by atoms with Crippen LogP contribution in [-0.4, -0.2) is 19.0 Å². The molecule has 4 rings (SSSR count). The second-order valence-corrected chi connectivity index (χ2v) is 5.09. The van der Waals surface area contributed by atoms with Gasteiger partial charge in [-0.2, -0.15) is 0 Å². The third-order valence-corrected chi connectivity index (χ3v) is 4.41. The first-order chi connectivity index (χ1) is 7.34. The van der Waals surface area contributed by atoms with E-state index in [9.17, 15) is 0 Å². The van der Waals surface area contributed by atoms with Crippen molar-refractivity contribution in [2.75, 3.05) is 13.2 Å². The molecule has 0 N–H and O–H groups in total. The first kappa shape index (κ1) is 9.86. The fourth-order valence-electron chi connectivity index (χ4n) is 3.59. The first-order valence-electron chi connectivity index (χ1n) is 6.30. The molecule has 3 atom stereocenters. The molecule has 1 aliphatic heterocycles. The lowest BCUT2D eigenvalue weighted by atomic mass is 9.65. The molecule has 0 aromatic carbocycles. The van der Waals surface area contributed by atoms with Gasteiger partial charge in [-0.1, -0.05) is 19.1 Å². The Morgan fingerprint density at radius 1 is 1.20 bits per heavy atom. The normalized spacial score (nSPS) is 42.3. The fraction of sp³-hybridized carbons (Fsp3) is 0.846. The van der Waals surface area contributed by atoms with Crippen molar-refractivity contribution >= 4 is 0 Å². The van der Waals surface area contributed by atoms with Crippen LogP contribution in [0.15, 0.2) is 12.2 Å². The van der Waals surface area contributed by atoms with Gasteiger partial charge in [0, 0.05) is 5.92 Å². The minimum absolute atomic E-state index is 0.242. The van der Waals surface area contributed by atoms with Gasteiger partial charge in [-0.3, -0.25) is 0 Å². The van der Waals surface area contributed by atoms with E-state index in [4.69, 9.17) is 9.47 Å². The predicted molar refractivity (Wildman–Crippen MR) is 58.4 cm³/mol. The second-order valence-electron chi connectivity index (χ2n) is 5.09. The molecule has 2 fully saturated rings. The SMILES string of the molecule is CCC1([C@@H]2C[C@@H]3C=C[C@H]2CC3)OCCO1. The fourth-order valence-corrected chi connectivity index (χ4v) is 3.59. The topological polar surface area (TPSA) is 18.5 Å². The average molecular weight is 208 g/mol. The molecule has 15 heavy (non-hydrogen) atoms. The molecule has 0 unspecified atom stereocenters. The lowest BCUT2D eigenvalue weighted by molar-refractivity contribution is -0.215. The molecule has 0 radical (unpaired) electrons. The van der Waals surface area contributed by atoms with Crippen LogP contribution in [0, 0.1) is 17.8 Å². The summed E-state index contributed by atoms with van der Waals surface area (Å²) in [5.74, 6) is 1.85. The highest BCUT2D eigenvalue weighted by Gasteiger charge is 2.49. The zero-order valence-electron chi connectivity index (χ0n) is 9.45. The van der Waals surface area contributed by atoms with Gasteiger partial charge in [-0.15, -0.1) is 0 Å². The first-order valence-corrected chi connectivity index (χ1v) is 6.30. The molecule has 0 amide bonds. The van der Waals surface area contributed by atoms with E-state index in [1.165, 1.54) is 19.3 Å². The van der Waals surface area contributed by atoms with E-state index in [0.717, 1.165) is 25.6 Å². The van der Waals surface area contributed by atoms with E-state index >= 15 is 0 Å². The quantitative estimate of drug-likeness (QED) is 0.650. The van der Waals surface area contributed by atoms with Crippen LogP contribution in [0.25, 0.3) is 0 Å². The summed E-state index contributed by atoms with van der Waals surface area (Å²) in [6.45, 7) is 3.76. The standard InChI is InChI=1S/C13H20O2/c1-2-13(14-7-8-15-13)12-9-10-3-5-11(12)6-4-10/h3,5,10-12H,2,4,6-9H2,1H3/t10-,11+,12-/m1/s1.